The van der Waals surface area contributed by atoms with Crippen LogP contribution in [0.1, 0.15) is 5.56 Å². The van der Waals surface area contributed by atoms with E-state index < -0.39 is 7.12 Å². The van der Waals surface area contributed by atoms with Crippen molar-refractivity contribution in [3.05, 3.63) is 57.5 Å². The summed E-state index contributed by atoms with van der Waals surface area (Å²) in [6.07, 6.45) is 1.51. The number of rotatable bonds is 4. The number of benzene rings is 1. The van der Waals surface area contributed by atoms with Crippen molar-refractivity contribution in [2.24, 2.45) is 0 Å². The zero-order valence-corrected chi connectivity index (χ0v) is 11.5. The maximum absolute atomic E-state index is 11.9. The van der Waals surface area contributed by atoms with Gasteiger partial charge in [-0.3, -0.25) is 4.79 Å². The SMILES string of the molecule is COc1cc(Cl)ccc1Cn1ccc(B(O)O)cc1=O. The standard InChI is InChI=1S/C13H13BClNO4/c1-20-12-7-11(15)3-2-9(12)8-16-5-4-10(14(18)19)6-13(16)17/h2-7,18-19H,8H2,1H3. The first-order valence-electron chi connectivity index (χ1n) is 5.90. The fourth-order valence-corrected chi connectivity index (χ4v) is 2.01. The van der Waals surface area contributed by atoms with Crippen molar-refractivity contribution in [1.82, 2.24) is 4.57 Å². The van der Waals surface area contributed by atoms with Crippen LogP contribution in [0.4, 0.5) is 0 Å². The lowest BCUT2D eigenvalue weighted by Crippen LogP contribution is -2.35. The van der Waals surface area contributed by atoms with Crippen LogP contribution in [0.5, 0.6) is 5.75 Å². The van der Waals surface area contributed by atoms with Gasteiger partial charge in [0.15, 0.2) is 0 Å². The van der Waals surface area contributed by atoms with E-state index in [-0.39, 0.29) is 11.0 Å². The number of nitrogens with zero attached hydrogens (tertiary/aromatic N) is 1. The van der Waals surface area contributed by atoms with Gasteiger partial charge in [0.25, 0.3) is 0 Å². The van der Waals surface area contributed by atoms with E-state index in [4.69, 9.17) is 26.4 Å². The van der Waals surface area contributed by atoms with Crippen molar-refractivity contribution in [2.45, 2.75) is 6.54 Å². The van der Waals surface area contributed by atoms with E-state index in [1.54, 1.807) is 18.2 Å². The molecule has 0 aliphatic heterocycles. The van der Waals surface area contributed by atoms with Crippen LogP contribution < -0.4 is 15.8 Å². The highest BCUT2D eigenvalue weighted by Crippen LogP contribution is 2.23. The normalized spacial score (nSPS) is 10.4. The van der Waals surface area contributed by atoms with Crippen LogP contribution in [-0.2, 0) is 6.54 Å². The number of hydrogen-bond acceptors (Lipinski definition) is 4. The average Bonchev–Trinajstić information content (AvgIpc) is 2.42. The Morgan fingerprint density at radius 3 is 2.65 bits per heavy atom. The first-order chi connectivity index (χ1) is 9.51. The molecule has 0 aliphatic carbocycles. The van der Waals surface area contributed by atoms with Gasteiger partial charge in [0.1, 0.15) is 5.75 Å². The Morgan fingerprint density at radius 1 is 1.30 bits per heavy atom. The van der Waals surface area contributed by atoms with Gasteiger partial charge in [0.05, 0.1) is 13.7 Å². The predicted molar refractivity (Wildman–Crippen MR) is 77.6 cm³/mol. The van der Waals surface area contributed by atoms with Gasteiger partial charge in [0.2, 0.25) is 5.56 Å². The molecule has 1 aromatic heterocycles. The highest BCUT2D eigenvalue weighted by atomic mass is 35.5. The monoisotopic (exact) mass is 293 g/mol. The topological polar surface area (TPSA) is 71.7 Å². The van der Waals surface area contributed by atoms with Gasteiger partial charge < -0.3 is 19.4 Å². The van der Waals surface area contributed by atoms with Gasteiger partial charge in [-0.15, -0.1) is 0 Å². The number of halogens is 1. The summed E-state index contributed by atoms with van der Waals surface area (Å²) in [6, 6.07) is 7.84. The maximum atomic E-state index is 11.9. The fourth-order valence-electron chi connectivity index (χ4n) is 1.85. The van der Waals surface area contributed by atoms with Crippen molar-refractivity contribution in [2.75, 3.05) is 7.11 Å². The first-order valence-corrected chi connectivity index (χ1v) is 6.28. The number of pyridine rings is 1. The van der Waals surface area contributed by atoms with Crippen LogP contribution in [0.15, 0.2) is 41.3 Å². The highest BCUT2D eigenvalue weighted by Gasteiger charge is 2.12. The Morgan fingerprint density at radius 2 is 2.05 bits per heavy atom. The molecule has 7 heteroatoms. The Bertz CT molecular complexity index is 672. The molecule has 2 rings (SSSR count). The molecule has 5 nitrogen and oxygen atoms in total. The quantitative estimate of drug-likeness (QED) is 0.792. The largest absolute Gasteiger partial charge is 0.496 e. The summed E-state index contributed by atoms with van der Waals surface area (Å²) in [7, 11) is -0.120. The molecule has 0 fully saturated rings. The second-order valence-electron chi connectivity index (χ2n) is 4.26. The molecule has 2 N–H and O–H groups in total. The molecule has 1 aromatic carbocycles. The fraction of sp³-hybridized carbons (Fsp3) is 0.154. The van der Waals surface area contributed by atoms with E-state index in [0.717, 1.165) is 5.56 Å². The van der Waals surface area contributed by atoms with Gasteiger partial charge >= 0.3 is 7.12 Å². The molecule has 0 amide bonds. The van der Waals surface area contributed by atoms with Crippen molar-refractivity contribution >= 4 is 24.2 Å². The molecule has 2 aromatic rings. The van der Waals surface area contributed by atoms with Crippen molar-refractivity contribution < 1.29 is 14.8 Å². The van der Waals surface area contributed by atoms with Crippen molar-refractivity contribution in [3.63, 3.8) is 0 Å². The van der Waals surface area contributed by atoms with E-state index in [1.807, 2.05) is 0 Å². The maximum Gasteiger partial charge on any atom is 0.488 e. The zero-order chi connectivity index (χ0) is 14.7. The third-order valence-electron chi connectivity index (χ3n) is 2.91. The molecule has 20 heavy (non-hydrogen) atoms. The molecule has 0 atom stereocenters. The second-order valence-corrected chi connectivity index (χ2v) is 4.69. The Hall–Kier alpha value is -1.76. The summed E-state index contributed by atoms with van der Waals surface area (Å²) < 4.78 is 6.66. The lowest BCUT2D eigenvalue weighted by molar-refractivity contribution is 0.408. The molecular formula is C13H13BClNO4. The minimum Gasteiger partial charge on any atom is -0.496 e. The average molecular weight is 294 g/mol. The van der Waals surface area contributed by atoms with Gasteiger partial charge in [0, 0.05) is 22.8 Å². The molecule has 1 heterocycles. The highest BCUT2D eigenvalue weighted by molar-refractivity contribution is 6.58. The summed E-state index contributed by atoms with van der Waals surface area (Å²) in [5.41, 5.74) is 0.637. The third kappa shape index (κ3) is 3.22. The number of hydrogen-bond donors (Lipinski definition) is 2. The van der Waals surface area contributed by atoms with Crippen LogP contribution in [0, 0.1) is 0 Å². The molecule has 0 saturated heterocycles. The second kappa shape index (κ2) is 6.13. The van der Waals surface area contributed by atoms with Crippen LogP contribution in [-0.4, -0.2) is 28.8 Å². The Balaban J connectivity index is 2.33. The minimum absolute atomic E-state index is 0.161. The van der Waals surface area contributed by atoms with E-state index in [1.165, 1.54) is 30.0 Å². The van der Waals surface area contributed by atoms with Gasteiger partial charge in [-0.05, 0) is 23.7 Å². The molecule has 0 spiro atoms. The number of ether oxygens (including phenoxy) is 1. The third-order valence-corrected chi connectivity index (χ3v) is 3.14. The summed E-state index contributed by atoms with van der Waals surface area (Å²) in [5.74, 6) is 0.593. The van der Waals surface area contributed by atoms with E-state index in [9.17, 15) is 4.79 Å². The van der Waals surface area contributed by atoms with Crippen molar-refractivity contribution in [3.8, 4) is 5.75 Å². The van der Waals surface area contributed by atoms with Gasteiger partial charge in [-0.1, -0.05) is 17.7 Å². The van der Waals surface area contributed by atoms with Crippen LogP contribution in [0.2, 0.25) is 5.02 Å². The van der Waals surface area contributed by atoms with E-state index in [2.05, 4.69) is 0 Å². The van der Waals surface area contributed by atoms with Gasteiger partial charge in [-0.2, -0.15) is 0 Å². The molecule has 0 radical (unpaired) electrons. The Kier molecular flexibility index (Phi) is 4.49. The lowest BCUT2D eigenvalue weighted by Gasteiger charge is -2.11. The van der Waals surface area contributed by atoms with E-state index in [0.29, 0.717) is 17.3 Å². The van der Waals surface area contributed by atoms with Crippen LogP contribution in [0.25, 0.3) is 0 Å². The molecule has 0 bridgehead atoms. The van der Waals surface area contributed by atoms with Gasteiger partial charge in [-0.25, -0.2) is 0 Å². The molecular weight excluding hydrogens is 280 g/mol. The molecule has 0 aliphatic rings. The zero-order valence-electron chi connectivity index (χ0n) is 10.8. The number of aromatic nitrogens is 1. The smallest absolute Gasteiger partial charge is 0.488 e. The van der Waals surface area contributed by atoms with Crippen LogP contribution >= 0.6 is 11.6 Å². The summed E-state index contributed by atoms with van der Waals surface area (Å²) in [4.78, 5) is 11.9. The van der Waals surface area contributed by atoms with Crippen LogP contribution in [0.3, 0.4) is 0 Å². The molecule has 0 saturated carbocycles. The molecule has 0 unspecified atom stereocenters. The summed E-state index contributed by atoms with van der Waals surface area (Å²) in [6.45, 7) is 0.307. The Labute approximate surface area is 121 Å². The minimum atomic E-state index is -1.65. The lowest BCUT2D eigenvalue weighted by atomic mass is 9.81. The summed E-state index contributed by atoms with van der Waals surface area (Å²) in [5, 5.41) is 18.6. The molecule has 104 valence electrons. The first kappa shape index (κ1) is 14.6. The predicted octanol–water partition coefficient (Wildman–Crippen LogP) is 0.238. The summed E-state index contributed by atoms with van der Waals surface area (Å²) >= 11 is 5.88. The van der Waals surface area contributed by atoms with Crippen molar-refractivity contribution in [1.29, 1.82) is 0 Å². The van der Waals surface area contributed by atoms with E-state index >= 15 is 0 Å². The number of methoxy groups -OCH3 is 1.